The average Bonchev–Trinajstić information content (AvgIpc) is 2.53. The third-order valence-corrected chi connectivity index (χ3v) is 3.54. The van der Waals surface area contributed by atoms with E-state index in [-0.39, 0.29) is 0 Å². The molecule has 2 aromatic rings. The Labute approximate surface area is 126 Å². The normalized spacial score (nSPS) is 10.5. The summed E-state index contributed by atoms with van der Waals surface area (Å²) in [5.41, 5.74) is 4.84. The van der Waals surface area contributed by atoms with Crippen LogP contribution in [0.2, 0.25) is 0 Å². The Hall–Kier alpha value is -2.00. The first-order chi connectivity index (χ1) is 10.2. The third kappa shape index (κ3) is 3.76. The zero-order valence-corrected chi connectivity index (χ0v) is 13.2. The van der Waals surface area contributed by atoms with E-state index in [0.29, 0.717) is 0 Å². The molecule has 0 radical (unpaired) electrons. The highest BCUT2D eigenvalue weighted by atomic mass is 16.5. The van der Waals surface area contributed by atoms with Crippen LogP contribution < -0.4 is 14.8 Å². The lowest BCUT2D eigenvalue weighted by Gasteiger charge is -2.12. The molecule has 2 rings (SSSR count). The molecule has 0 spiro atoms. The smallest absolute Gasteiger partial charge is 0.123 e. The molecule has 0 saturated carbocycles. The fraction of sp³-hybridized carbons (Fsp3) is 0.333. The van der Waals surface area contributed by atoms with Crippen LogP contribution in [0, 0.1) is 6.92 Å². The Morgan fingerprint density at radius 1 is 0.952 bits per heavy atom. The summed E-state index contributed by atoms with van der Waals surface area (Å²) in [5.74, 6) is 1.61. The molecule has 0 heterocycles. The van der Waals surface area contributed by atoms with E-state index in [1.807, 2.05) is 18.2 Å². The van der Waals surface area contributed by atoms with Gasteiger partial charge in [0.15, 0.2) is 0 Å². The SMILES string of the molecule is CCNCc1ccc(C)c(-c2cc(OC)cc(OC)c2)c1. The molecule has 2 aromatic carbocycles. The molecule has 3 nitrogen and oxygen atoms in total. The van der Waals surface area contributed by atoms with Gasteiger partial charge in [-0.15, -0.1) is 0 Å². The number of ether oxygens (including phenoxy) is 2. The quantitative estimate of drug-likeness (QED) is 0.876. The summed E-state index contributed by atoms with van der Waals surface area (Å²) in [5, 5.41) is 3.36. The molecular weight excluding hydrogens is 262 g/mol. The van der Waals surface area contributed by atoms with Crippen LogP contribution in [0.15, 0.2) is 36.4 Å². The van der Waals surface area contributed by atoms with E-state index >= 15 is 0 Å². The molecule has 0 atom stereocenters. The lowest BCUT2D eigenvalue weighted by atomic mass is 9.97. The standard InChI is InChI=1S/C18H23NO2/c1-5-19-12-14-7-6-13(2)18(8-14)15-9-16(20-3)11-17(10-15)21-4/h6-11,19H,5,12H2,1-4H3. The summed E-state index contributed by atoms with van der Waals surface area (Å²) in [6.45, 7) is 6.08. The summed E-state index contributed by atoms with van der Waals surface area (Å²) in [4.78, 5) is 0. The van der Waals surface area contributed by atoms with Crippen molar-refractivity contribution in [2.45, 2.75) is 20.4 Å². The van der Waals surface area contributed by atoms with Crippen molar-refractivity contribution in [1.29, 1.82) is 0 Å². The van der Waals surface area contributed by atoms with Gasteiger partial charge in [0.2, 0.25) is 0 Å². The van der Waals surface area contributed by atoms with E-state index < -0.39 is 0 Å². The zero-order chi connectivity index (χ0) is 15.2. The van der Waals surface area contributed by atoms with Crippen LogP contribution in [0.5, 0.6) is 11.5 Å². The molecule has 21 heavy (non-hydrogen) atoms. The lowest BCUT2D eigenvalue weighted by molar-refractivity contribution is 0.394. The number of hydrogen-bond acceptors (Lipinski definition) is 3. The first kappa shape index (κ1) is 15.4. The van der Waals surface area contributed by atoms with E-state index in [0.717, 1.165) is 30.2 Å². The molecule has 0 aliphatic carbocycles. The summed E-state index contributed by atoms with van der Waals surface area (Å²) in [6, 6.07) is 12.5. The van der Waals surface area contributed by atoms with Crippen LogP contribution in [-0.4, -0.2) is 20.8 Å². The largest absolute Gasteiger partial charge is 0.497 e. The predicted octanol–water partition coefficient (Wildman–Crippen LogP) is 3.79. The molecule has 0 saturated heterocycles. The first-order valence-corrected chi connectivity index (χ1v) is 7.21. The number of rotatable bonds is 6. The van der Waals surface area contributed by atoms with Crippen molar-refractivity contribution in [3.63, 3.8) is 0 Å². The van der Waals surface area contributed by atoms with Gasteiger partial charge in [0.25, 0.3) is 0 Å². The molecule has 0 aliphatic heterocycles. The fourth-order valence-corrected chi connectivity index (χ4v) is 2.32. The predicted molar refractivity (Wildman–Crippen MR) is 87.1 cm³/mol. The summed E-state index contributed by atoms with van der Waals surface area (Å²) in [7, 11) is 3.35. The van der Waals surface area contributed by atoms with Crippen molar-refractivity contribution in [1.82, 2.24) is 5.32 Å². The van der Waals surface area contributed by atoms with Crippen molar-refractivity contribution >= 4 is 0 Å². The highest BCUT2D eigenvalue weighted by Gasteiger charge is 2.08. The van der Waals surface area contributed by atoms with Crippen molar-refractivity contribution < 1.29 is 9.47 Å². The van der Waals surface area contributed by atoms with Gasteiger partial charge in [0, 0.05) is 12.6 Å². The van der Waals surface area contributed by atoms with Gasteiger partial charge in [-0.25, -0.2) is 0 Å². The Morgan fingerprint density at radius 2 is 1.62 bits per heavy atom. The second kappa shape index (κ2) is 7.14. The molecule has 0 fully saturated rings. The summed E-state index contributed by atoms with van der Waals surface area (Å²) in [6.07, 6.45) is 0. The molecular formula is C18H23NO2. The van der Waals surface area contributed by atoms with Crippen LogP contribution in [0.3, 0.4) is 0 Å². The third-order valence-electron chi connectivity index (χ3n) is 3.54. The Morgan fingerprint density at radius 3 is 2.19 bits per heavy atom. The van der Waals surface area contributed by atoms with Gasteiger partial charge in [-0.3, -0.25) is 0 Å². The molecule has 1 N–H and O–H groups in total. The van der Waals surface area contributed by atoms with Crippen molar-refractivity contribution in [2.75, 3.05) is 20.8 Å². The number of hydrogen-bond donors (Lipinski definition) is 1. The second-order valence-corrected chi connectivity index (χ2v) is 5.03. The molecule has 0 amide bonds. The highest BCUT2D eigenvalue weighted by molar-refractivity contribution is 5.71. The minimum Gasteiger partial charge on any atom is -0.497 e. The van der Waals surface area contributed by atoms with Gasteiger partial charge in [-0.1, -0.05) is 19.1 Å². The molecule has 0 aliphatic rings. The van der Waals surface area contributed by atoms with Crippen molar-refractivity contribution in [3.8, 4) is 22.6 Å². The molecule has 0 unspecified atom stereocenters. The fourth-order valence-electron chi connectivity index (χ4n) is 2.32. The van der Waals surface area contributed by atoms with Gasteiger partial charge in [0.1, 0.15) is 11.5 Å². The van der Waals surface area contributed by atoms with E-state index in [2.05, 4.69) is 37.4 Å². The summed E-state index contributed by atoms with van der Waals surface area (Å²) >= 11 is 0. The topological polar surface area (TPSA) is 30.5 Å². The zero-order valence-electron chi connectivity index (χ0n) is 13.2. The van der Waals surface area contributed by atoms with Gasteiger partial charge in [0.05, 0.1) is 14.2 Å². The van der Waals surface area contributed by atoms with Crippen molar-refractivity contribution in [2.24, 2.45) is 0 Å². The Bertz CT molecular complexity index is 586. The second-order valence-electron chi connectivity index (χ2n) is 5.03. The minimum absolute atomic E-state index is 0.806. The maximum absolute atomic E-state index is 5.36. The number of methoxy groups -OCH3 is 2. The van der Waals surface area contributed by atoms with Gasteiger partial charge in [-0.2, -0.15) is 0 Å². The van der Waals surface area contributed by atoms with Crippen LogP contribution in [0.25, 0.3) is 11.1 Å². The lowest BCUT2D eigenvalue weighted by Crippen LogP contribution is -2.11. The molecule has 0 aromatic heterocycles. The van der Waals surface area contributed by atoms with E-state index in [1.165, 1.54) is 16.7 Å². The summed E-state index contributed by atoms with van der Waals surface area (Å²) < 4.78 is 10.7. The number of aryl methyl sites for hydroxylation is 1. The van der Waals surface area contributed by atoms with Gasteiger partial charge < -0.3 is 14.8 Å². The van der Waals surface area contributed by atoms with E-state index in [4.69, 9.17) is 9.47 Å². The maximum Gasteiger partial charge on any atom is 0.123 e. The van der Waals surface area contributed by atoms with Crippen LogP contribution >= 0.6 is 0 Å². The van der Waals surface area contributed by atoms with Gasteiger partial charge in [-0.05, 0) is 53.9 Å². The van der Waals surface area contributed by atoms with E-state index in [9.17, 15) is 0 Å². The Kier molecular flexibility index (Phi) is 5.23. The Balaban J connectivity index is 2.44. The van der Waals surface area contributed by atoms with Gasteiger partial charge >= 0.3 is 0 Å². The van der Waals surface area contributed by atoms with Crippen molar-refractivity contribution in [3.05, 3.63) is 47.5 Å². The van der Waals surface area contributed by atoms with Crippen LogP contribution in [-0.2, 0) is 6.54 Å². The average molecular weight is 285 g/mol. The molecule has 112 valence electrons. The van der Waals surface area contributed by atoms with Crippen LogP contribution in [0.1, 0.15) is 18.1 Å². The number of nitrogens with one attached hydrogen (secondary N) is 1. The number of benzene rings is 2. The first-order valence-electron chi connectivity index (χ1n) is 7.21. The highest BCUT2D eigenvalue weighted by Crippen LogP contribution is 2.32. The van der Waals surface area contributed by atoms with E-state index in [1.54, 1.807) is 14.2 Å². The molecule has 0 bridgehead atoms. The maximum atomic E-state index is 5.36. The monoisotopic (exact) mass is 285 g/mol. The van der Waals surface area contributed by atoms with Crippen LogP contribution in [0.4, 0.5) is 0 Å². The molecule has 3 heteroatoms. The minimum atomic E-state index is 0.806.